The molecule has 1 unspecified atom stereocenters. The number of hydrogen-bond donors (Lipinski definition) is 1. The van der Waals surface area contributed by atoms with Crippen LogP contribution < -0.4 is 5.73 Å². The number of nitrogens with zero attached hydrogens (tertiary/aromatic N) is 1. The molecule has 74 valence electrons. The van der Waals surface area contributed by atoms with Crippen molar-refractivity contribution in [1.82, 2.24) is 0 Å². The van der Waals surface area contributed by atoms with Gasteiger partial charge in [0, 0.05) is 17.7 Å². The summed E-state index contributed by atoms with van der Waals surface area (Å²) in [5.41, 5.74) is 7.96. The van der Waals surface area contributed by atoms with Crippen LogP contribution in [-0.2, 0) is 12.8 Å². The fraction of sp³-hybridized carbons (Fsp3) is 0.400. The number of nitrogens with two attached hydrogens (primary N) is 1. The zero-order valence-corrected chi connectivity index (χ0v) is 7.77. The minimum atomic E-state index is -0.310. The van der Waals surface area contributed by atoms with Gasteiger partial charge in [0.25, 0.3) is 5.69 Å². The zero-order chi connectivity index (χ0) is 10.1. The average Bonchev–Trinajstić information content (AvgIpc) is 2.16. The summed E-state index contributed by atoms with van der Waals surface area (Å²) in [6, 6.07) is 5.39. The predicted molar refractivity (Wildman–Crippen MR) is 53.1 cm³/mol. The smallest absolute Gasteiger partial charge is 0.272 e. The quantitative estimate of drug-likeness (QED) is 0.540. The van der Waals surface area contributed by atoms with E-state index in [9.17, 15) is 10.1 Å². The predicted octanol–water partition coefficient (Wildman–Crippen LogP) is 1.41. The van der Waals surface area contributed by atoms with Crippen LogP contribution in [0.5, 0.6) is 0 Å². The van der Waals surface area contributed by atoms with Gasteiger partial charge in [-0.3, -0.25) is 10.1 Å². The van der Waals surface area contributed by atoms with Gasteiger partial charge < -0.3 is 5.73 Å². The summed E-state index contributed by atoms with van der Waals surface area (Å²) in [6.45, 7) is 0. The summed E-state index contributed by atoms with van der Waals surface area (Å²) in [5, 5.41) is 10.7. The fourth-order valence-corrected chi connectivity index (χ4v) is 1.99. The van der Waals surface area contributed by atoms with Crippen LogP contribution in [0.15, 0.2) is 18.2 Å². The van der Waals surface area contributed by atoms with Gasteiger partial charge in [0.15, 0.2) is 0 Å². The van der Waals surface area contributed by atoms with Crippen molar-refractivity contribution in [2.24, 2.45) is 5.73 Å². The van der Waals surface area contributed by atoms with Crippen molar-refractivity contribution in [2.75, 3.05) is 0 Å². The molecule has 1 aromatic carbocycles. The Hall–Kier alpha value is -1.42. The molecule has 0 saturated carbocycles. The van der Waals surface area contributed by atoms with E-state index >= 15 is 0 Å². The Labute approximate surface area is 81.9 Å². The van der Waals surface area contributed by atoms with Crippen molar-refractivity contribution in [2.45, 2.75) is 25.3 Å². The molecule has 0 saturated heterocycles. The lowest BCUT2D eigenvalue weighted by atomic mass is 9.88. The maximum Gasteiger partial charge on any atom is 0.272 e. The molecule has 2 N–H and O–H groups in total. The van der Waals surface area contributed by atoms with Crippen LogP contribution >= 0.6 is 0 Å². The van der Waals surface area contributed by atoms with Crippen LogP contribution in [-0.4, -0.2) is 11.0 Å². The largest absolute Gasteiger partial charge is 0.327 e. The van der Waals surface area contributed by atoms with Crippen LogP contribution in [0.4, 0.5) is 5.69 Å². The molecule has 0 heterocycles. The molecule has 1 aliphatic rings. The monoisotopic (exact) mass is 192 g/mol. The van der Waals surface area contributed by atoms with E-state index in [-0.39, 0.29) is 16.7 Å². The molecule has 0 radical (unpaired) electrons. The maximum atomic E-state index is 10.7. The summed E-state index contributed by atoms with van der Waals surface area (Å²) in [4.78, 5) is 10.4. The Balaban J connectivity index is 2.46. The first-order chi connectivity index (χ1) is 6.68. The molecule has 1 aliphatic carbocycles. The summed E-state index contributed by atoms with van der Waals surface area (Å²) in [5.74, 6) is 0. The van der Waals surface area contributed by atoms with Gasteiger partial charge in [0.1, 0.15) is 0 Å². The van der Waals surface area contributed by atoms with E-state index in [1.807, 2.05) is 6.07 Å². The van der Waals surface area contributed by atoms with Crippen molar-refractivity contribution in [3.05, 3.63) is 39.4 Å². The van der Waals surface area contributed by atoms with E-state index < -0.39 is 0 Å². The highest BCUT2D eigenvalue weighted by atomic mass is 16.6. The third-order valence-electron chi connectivity index (χ3n) is 2.69. The summed E-state index contributed by atoms with van der Waals surface area (Å²) in [7, 11) is 0. The van der Waals surface area contributed by atoms with E-state index in [0.717, 1.165) is 30.4 Å². The minimum absolute atomic E-state index is 0.157. The van der Waals surface area contributed by atoms with E-state index in [4.69, 9.17) is 5.73 Å². The minimum Gasteiger partial charge on any atom is -0.327 e. The number of nitro groups is 1. The normalized spacial score (nSPS) is 20.2. The number of rotatable bonds is 1. The second-order valence-electron chi connectivity index (χ2n) is 3.67. The summed E-state index contributed by atoms with van der Waals surface area (Å²) in [6.07, 6.45) is 2.34. The van der Waals surface area contributed by atoms with Crippen LogP contribution in [0.25, 0.3) is 0 Å². The summed E-state index contributed by atoms with van der Waals surface area (Å²) < 4.78 is 0. The zero-order valence-electron chi connectivity index (χ0n) is 7.77. The van der Waals surface area contributed by atoms with Gasteiger partial charge in [-0.2, -0.15) is 0 Å². The lowest BCUT2D eigenvalue weighted by Gasteiger charge is -2.20. The molecule has 4 heteroatoms. The first-order valence-electron chi connectivity index (χ1n) is 4.69. The Bertz CT molecular complexity index is 376. The highest BCUT2D eigenvalue weighted by molar-refractivity contribution is 5.47. The number of fused-ring (bicyclic) bond motifs is 1. The second-order valence-corrected chi connectivity index (χ2v) is 3.67. The Kier molecular flexibility index (Phi) is 2.21. The Morgan fingerprint density at radius 1 is 1.50 bits per heavy atom. The second kappa shape index (κ2) is 3.38. The van der Waals surface area contributed by atoms with Crippen molar-refractivity contribution < 1.29 is 4.92 Å². The molecule has 1 aromatic rings. The fourth-order valence-electron chi connectivity index (χ4n) is 1.99. The standard InChI is InChI=1S/C10H12N2O2/c11-8-4-5-9-7(6-8)2-1-3-10(9)12(13)14/h1-3,8H,4-6,11H2. The molecule has 0 amide bonds. The molecule has 4 nitrogen and oxygen atoms in total. The van der Waals surface area contributed by atoms with Gasteiger partial charge in [0.05, 0.1) is 4.92 Å². The SMILES string of the molecule is NC1CCc2c(cccc2[N+](=O)[O-])C1. The molecule has 2 rings (SSSR count). The molecule has 0 aromatic heterocycles. The van der Waals surface area contributed by atoms with E-state index in [2.05, 4.69) is 0 Å². The average molecular weight is 192 g/mol. The first kappa shape index (κ1) is 9.15. The van der Waals surface area contributed by atoms with Crippen molar-refractivity contribution >= 4 is 5.69 Å². The number of hydrogen-bond acceptors (Lipinski definition) is 3. The molecule has 0 fully saturated rings. The summed E-state index contributed by atoms with van der Waals surface area (Å²) >= 11 is 0. The van der Waals surface area contributed by atoms with Gasteiger partial charge in [-0.05, 0) is 24.8 Å². The van der Waals surface area contributed by atoms with Crippen molar-refractivity contribution in [1.29, 1.82) is 0 Å². The van der Waals surface area contributed by atoms with Gasteiger partial charge in [-0.25, -0.2) is 0 Å². The number of nitro benzene ring substituents is 1. The third-order valence-corrected chi connectivity index (χ3v) is 2.69. The van der Waals surface area contributed by atoms with Gasteiger partial charge >= 0.3 is 0 Å². The highest BCUT2D eigenvalue weighted by Crippen LogP contribution is 2.28. The van der Waals surface area contributed by atoms with Crippen LogP contribution in [0.2, 0.25) is 0 Å². The molecule has 1 atom stereocenters. The van der Waals surface area contributed by atoms with Crippen molar-refractivity contribution in [3.8, 4) is 0 Å². The van der Waals surface area contributed by atoms with Crippen LogP contribution in [0, 0.1) is 10.1 Å². The molecule has 0 aliphatic heterocycles. The van der Waals surface area contributed by atoms with Crippen LogP contribution in [0.1, 0.15) is 17.5 Å². The Morgan fingerprint density at radius 2 is 2.29 bits per heavy atom. The molecule has 0 spiro atoms. The molecule has 14 heavy (non-hydrogen) atoms. The molecular formula is C10H12N2O2. The molecular weight excluding hydrogens is 180 g/mol. The van der Waals surface area contributed by atoms with Gasteiger partial charge in [-0.15, -0.1) is 0 Å². The Morgan fingerprint density at radius 3 is 3.00 bits per heavy atom. The highest BCUT2D eigenvalue weighted by Gasteiger charge is 2.22. The third kappa shape index (κ3) is 1.48. The molecule has 0 bridgehead atoms. The number of benzene rings is 1. The van der Waals surface area contributed by atoms with E-state index in [0.29, 0.717) is 0 Å². The van der Waals surface area contributed by atoms with Crippen molar-refractivity contribution in [3.63, 3.8) is 0 Å². The lowest BCUT2D eigenvalue weighted by Crippen LogP contribution is -2.28. The van der Waals surface area contributed by atoms with Gasteiger partial charge in [0.2, 0.25) is 0 Å². The first-order valence-corrected chi connectivity index (χ1v) is 4.69. The van der Waals surface area contributed by atoms with Gasteiger partial charge in [-0.1, -0.05) is 12.1 Å². The topological polar surface area (TPSA) is 69.2 Å². The van der Waals surface area contributed by atoms with E-state index in [1.165, 1.54) is 0 Å². The van der Waals surface area contributed by atoms with Crippen LogP contribution in [0.3, 0.4) is 0 Å². The lowest BCUT2D eigenvalue weighted by molar-refractivity contribution is -0.385. The maximum absolute atomic E-state index is 10.7. The van der Waals surface area contributed by atoms with E-state index in [1.54, 1.807) is 12.1 Å².